The van der Waals surface area contributed by atoms with Crippen molar-refractivity contribution in [2.24, 2.45) is 0 Å². The van der Waals surface area contributed by atoms with Crippen LogP contribution in [0.25, 0.3) is 0 Å². The van der Waals surface area contributed by atoms with Crippen LogP contribution >= 0.6 is 23.4 Å². The van der Waals surface area contributed by atoms with Crippen LogP contribution in [0.4, 0.5) is 5.95 Å². The Morgan fingerprint density at radius 3 is 2.62 bits per heavy atom. The van der Waals surface area contributed by atoms with E-state index < -0.39 is 0 Å². The van der Waals surface area contributed by atoms with Crippen molar-refractivity contribution in [1.29, 1.82) is 0 Å². The molecule has 0 bridgehead atoms. The van der Waals surface area contributed by atoms with Crippen LogP contribution in [0.1, 0.15) is 5.56 Å². The van der Waals surface area contributed by atoms with Crippen LogP contribution in [0.2, 0.25) is 5.15 Å². The molecular weight excluding hydrogens is 242 g/mol. The van der Waals surface area contributed by atoms with Crippen molar-refractivity contribution in [3.05, 3.63) is 47.1 Å². The van der Waals surface area contributed by atoms with E-state index in [0.717, 1.165) is 10.8 Å². The van der Waals surface area contributed by atoms with Crippen molar-refractivity contribution in [3.63, 3.8) is 0 Å². The number of nitrogens with zero attached hydrogens (tertiary/aromatic N) is 2. The van der Waals surface area contributed by atoms with Crippen LogP contribution in [0, 0.1) is 0 Å². The molecule has 0 amide bonds. The lowest BCUT2D eigenvalue weighted by atomic mass is 10.2. The Hall–Kier alpha value is -1.26. The lowest BCUT2D eigenvalue weighted by molar-refractivity contribution is 1.06. The highest BCUT2D eigenvalue weighted by atomic mass is 35.5. The topological polar surface area (TPSA) is 51.8 Å². The average Bonchev–Trinajstić information content (AvgIpc) is 2.27. The molecule has 3 nitrogen and oxygen atoms in total. The third kappa shape index (κ3) is 3.12. The van der Waals surface area contributed by atoms with Crippen molar-refractivity contribution in [3.8, 4) is 0 Å². The van der Waals surface area contributed by atoms with Crippen LogP contribution in [0.15, 0.2) is 41.4 Å². The SMILES string of the molecule is Nc1nc(Cl)cc(SCc2ccccc2)n1. The number of halogens is 1. The molecule has 0 spiro atoms. The Morgan fingerprint density at radius 2 is 1.94 bits per heavy atom. The maximum absolute atomic E-state index is 5.79. The van der Waals surface area contributed by atoms with Gasteiger partial charge in [0.25, 0.3) is 0 Å². The van der Waals surface area contributed by atoms with E-state index in [9.17, 15) is 0 Å². The summed E-state index contributed by atoms with van der Waals surface area (Å²) in [4.78, 5) is 7.90. The third-order valence-corrected chi connectivity index (χ3v) is 3.09. The van der Waals surface area contributed by atoms with Gasteiger partial charge in [0.15, 0.2) is 0 Å². The van der Waals surface area contributed by atoms with E-state index in [1.807, 2.05) is 18.2 Å². The van der Waals surface area contributed by atoms with E-state index >= 15 is 0 Å². The normalized spacial score (nSPS) is 10.3. The second kappa shape index (κ2) is 5.18. The summed E-state index contributed by atoms with van der Waals surface area (Å²) in [7, 11) is 0. The molecule has 1 aromatic heterocycles. The second-order valence-electron chi connectivity index (χ2n) is 3.16. The molecule has 2 N–H and O–H groups in total. The zero-order valence-electron chi connectivity index (χ0n) is 8.43. The minimum Gasteiger partial charge on any atom is -0.368 e. The summed E-state index contributed by atoms with van der Waals surface area (Å²) in [5.74, 6) is 1.05. The predicted molar refractivity (Wildman–Crippen MR) is 67.5 cm³/mol. The number of nitrogen functional groups attached to an aromatic ring is 1. The highest BCUT2D eigenvalue weighted by Gasteiger charge is 2.01. The predicted octanol–water partition coefficient (Wildman–Crippen LogP) is 3.00. The van der Waals surface area contributed by atoms with Crippen LogP contribution in [0.3, 0.4) is 0 Å². The van der Waals surface area contributed by atoms with E-state index in [-0.39, 0.29) is 5.95 Å². The van der Waals surface area contributed by atoms with E-state index in [2.05, 4.69) is 22.1 Å². The number of aromatic nitrogens is 2. The van der Waals surface area contributed by atoms with Crippen molar-refractivity contribution in [2.45, 2.75) is 10.8 Å². The number of hydrogen-bond acceptors (Lipinski definition) is 4. The Kier molecular flexibility index (Phi) is 3.64. The molecule has 82 valence electrons. The molecule has 0 aliphatic rings. The minimum absolute atomic E-state index is 0.211. The van der Waals surface area contributed by atoms with Crippen molar-refractivity contribution < 1.29 is 0 Å². The van der Waals surface area contributed by atoms with Gasteiger partial charge in [-0.25, -0.2) is 9.97 Å². The average molecular weight is 252 g/mol. The molecule has 2 rings (SSSR count). The molecule has 0 radical (unpaired) electrons. The fourth-order valence-corrected chi connectivity index (χ4v) is 2.33. The fraction of sp³-hybridized carbons (Fsp3) is 0.0909. The molecule has 0 saturated carbocycles. The fourth-order valence-electron chi connectivity index (χ4n) is 1.22. The first-order chi connectivity index (χ1) is 7.74. The van der Waals surface area contributed by atoms with Gasteiger partial charge in [0.05, 0.1) is 0 Å². The molecule has 1 aromatic carbocycles. The molecule has 5 heteroatoms. The number of hydrogen-bond donors (Lipinski definition) is 1. The van der Waals surface area contributed by atoms with Crippen LogP contribution in [-0.4, -0.2) is 9.97 Å². The first kappa shape index (κ1) is 11.2. The Balaban J connectivity index is 2.05. The molecule has 0 unspecified atom stereocenters. The van der Waals surface area contributed by atoms with Crippen molar-refractivity contribution in [2.75, 3.05) is 5.73 Å². The molecule has 0 aliphatic carbocycles. The molecule has 0 saturated heterocycles. The van der Waals surface area contributed by atoms with E-state index in [1.54, 1.807) is 17.8 Å². The third-order valence-electron chi connectivity index (χ3n) is 1.92. The first-order valence-corrected chi connectivity index (χ1v) is 6.07. The molecule has 0 aliphatic heterocycles. The van der Waals surface area contributed by atoms with Gasteiger partial charge in [0, 0.05) is 11.8 Å². The van der Waals surface area contributed by atoms with Gasteiger partial charge in [-0.2, -0.15) is 0 Å². The summed E-state index contributed by atoms with van der Waals surface area (Å²) in [6, 6.07) is 11.9. The van der Waals surface area contributed by atoms with E-state index in [0.29, 0.717) is 5.15 Å². The van der Waals surface area contributed by atoms with Gasteiger partial charge in [-0.3, -0.25) is 0 Å². The number of benzene rings is 1. The lowest BCUT2D eigenvalue weighted by Gasteiger charge is -2.02. The zero-order chi connectivity index (χ0) is 11.4. The smallest absolute Gasteiger partial charge is 0.222 e. The summed E-state index contributed by atoms with van der Waals surface area (Å²) >= 11 is 7.37. The first-order valence-electron chi connectivity index (χ1n) is 4.71. The van der Waals surface area contributed by atoms with Crippen LogP contribution < -0.4 is 5.73 Å². The number of rotatable bonds is 3. The monoisotopic (exact) mass is 251 g/mol. The quantitative estimate of drug-likeness (QED) is 0.673. The van der Waals surface area contributed by atoms with Crippen molar-refractivity contribution >= 4 is 29.3 Å². The highest BCUT2D eigenvalue weighted by Crippen LogP contribution is 2.23. The molecule has 2 aromatic rings. The van der Waals surface area contributed by atoms with Crippen molar-refractivity contribution in [1.82, 2.24) is 9.97 Å². The number of anilines is 1. The minimum atomic E-state index is 0.211. The van der Waals surface area contributed by atoms with E-state index in [4.69, 9.17) is 17.3 Å². The summed E-state index contributed by atoms with van der Waals surface area (Å²) < 4.78 is 0. The van der Waals surface area contributed by atoms with Gasteiger partial charge >= 0.3 is 0 Å². The lowest BCUT2D eigenvalue weighted by Crippen LogP contribution is -1.95. The van der Waals surface area contributed by atoms with Gasteiger partial charge in [-0.1, -0.05) is 41.9 Å². The zero-order valence-corrected chi connectivity index (χ0v) is 10.0. The van der Waals surface area contributed by atoms with Gasteiger partial charge in [-0.05, 0) is 5.56 Å². The summed E-state index contributed by atoms with van der Waals surface area (Å²) in [5, 5.41) is 1.17. The van der Waals surface area contributed by atoms with Gasteiger partial charge < -0.3 is 5.73 Å². The summed E-state index contributed by atoms with van der Waals surface area (Å²) in [5.41, 5.74) is 6.75. The molecule has 0 atom stereocenters. The number of nitrogens with two attached hydrogens (primary N) is 1. The van der Waals surface area contributed by atoms with Gasteiger partial charge in [-0.15, -0.1) is 11.8 Å². The molecule has 1 heterocycles. The van der Waals surface area contributed by atoms with Crippen LogP contribution in [-0.2, 0) is 5.75 Å². The maximum Gasteiger partial charge on any atom is 0.222 e. The summed E-state index contributed by atoms with van der Waals surface area (Å²) in [6.07, 6.45) is 0. The molecular formula is C11H10ClN3S. The Bertz CT molecular complexity index is 456. The molecule has 0 fully saturated rings. The largest absolute Gasteiger partial charge is 0.368 e. The van der Waals surface area contributed by atoms with Crippen LogP contribution in [0.5, 0.6) is 0 Å². The highest BCUT2D eigenvalue weighted by molar-refractivity contribution is 7.98. The summed E-state index contributed by atoms with van der Waals surface area (Å²) in [6.45, 7) is 0. The Morgan fingerprint density at radius 1 is 1.19 bits per heavy atom. The molecule has 16 heavy (non-hydrogen) atoms. The number of thioether (sulfide) groups is 1. The van der Waals surface area contributed by atoms with Gasteiger partial charge in [0.2, 0.25) is 5.95 Å². The maximum atomic E-state index is 5.79. The van der Waals surface area contributed by atoms with Gasteiger partial charge in [0.1, 0.15) is 10.2 Å². The van der Waals surface area contributed by atoms with E-state index in [1.165, 1.54) is 5.56 Å². The Labute approximate surface area is 103 Å². The second-order valence-corrected chi connectivity index (χ2v) is 4.54. The standard InChI is InChI=1S/C11H10ClN3S/c12-9-6-10(15-11(13)14-9)16-7-8-4-2-1-3-5-8/h1-6H,7H2,(H2,13,14,15).